The Balaban J connectivity index is 2.57. The summed E-state index contributed by atoms with van der Waals surface area (Å²) in [4.78, 5) is 33.8. The lowest BCUT2D eigenvalue weighted by Crippen LogP contribution is -2.42. The Bertz CT molecular complexity index is 479. The first-order valence-electron chi connectivity index (χ1n) is 6.22. The molecule has 0 aliphatic heterocycles. The molecule has 6 nitrogen and oxygen atoms in total. The van der Waals surface area contributed by atoms with Crippen molar-refractivity contribution in [2.24, 2.45) is 5.73 Å². The summed E-state index contributed by atoms with van der Waals surface area (Å²) in [6.07, 6.45) is 0.0259. The van der Waals surface area contributed by atoms with Gasteiger partial charge in [-0.3, -0.25) is 9.59 Å². The summed E-state index contributed by atoms with van der Waals surface area (Å²) in [6.45, 7) is 0. The number of carbonyl (C=O) groups excluding carboxylic acids is 2. The summed E-state index contributed by atoms with van der Waals surface area (Å²) in [7, 11) is 0. The third kappa shape index (κ3) is 5.67. The highest BCUT2D eigenvalue weighted by atomic mass is 16.4. The van der Waals surface area contributed by atoms with Gasteiger partial charge in [-0.15, -0.1) is 0 Å². The first kappa shape index (κ1) is 13.1. The maximum absolute atomic E-state index is 11.8. The Morgan fingerprint density at radius 1 is 1.32 bits per heavy atom. The Labute approximate surface area is 112 Å². The van der Waals surface area contributed by atoms with Crippen molar-refractivity contribution in [3.8, 4) is 0 Å². The topological polar surface area (TPSA) is 109 Å². The predicted molar refractivity (Wildman–Crippen MR) is 68.1 cm³/mol. The first-order chi connectivity index (χ1) is 9.52. The number of carboxylic acid groups (broad SMARTS) is 1. The van der Waals surface area contributed by atoms with Gasteiger partial charge in [0.15, 0.2) is 0 Å². The lowest BCUT2D eigenvalue weighted by molar-refractivity contribution is -0.142. The van der Waals surface area contributed by atoms with Gasteiger partial charge in [0.1, 0.15) is 6.04 Å². The number of primary amides is 1. The molecule has 0 bridgehead atoms. The van der Waals surface area contributed by atoms with Crippen LogP contribution in [0.4, 0.5) is 0 Å². The van der Waals surface area contributed by atoms with Gasteiger partial charge in [-0.1, -0.05) is 30.3 Å². The predicted octanol–water partition coefficient (Wildman–Crippen LogP) is 0.0640. The molecule has 2 amide bonds. The summed E-state index contributed by atoms with van der Waals surface area (Å²) >= 11 is 0. The molecule has 1 aromatic carbocycles. The van der Waals surface area contributed by atoms with Gasteiger partial charge in [0, 0.05) is 6.42 Å². The minimum atomic E-state index is -1.05. The number of aliphatic carboxylic acids is 1. The van der Waals surface area contributed by atoms with E-state index in [-0.39, 0.29) is 19.3 Å². The molecular weight excluding hydrogens is 248 g/mol. The molecule has 6 heteroatoms. The monoisotopic (exact) mass is 265 g/mol. The van der Waals surface area contributed by atoms with E-state index in [9.17, 15) is 14.4 Å². The molecule has 0 radical (unpaired) electrons. The largest absolute Gasteiger partial charge is 0.480 e. The molecule has 0 saturated carbocycles. The smallest absolute Gasteiger partial charge is 0.326 e. The van der Waals surface area contributed by atoms with E-state index >= 15 is 0 Å². The normalized spacial score (nSPS) is 12.1. The standard InChI is InChI=1S/C13H16N2O4/c14-11(16)7-6-10(13(18)19)15-12(17)8-9-4-2-1-3-5-9/h1-5,10H,6-8H2,(H2,14,16)(H,15,17)(H,18,19)/t10-/m0/s1/i/hD. The summed E-state index contributed by atoms with van der Waals surface area (Å²) < 4.78 is 6.57. The second-order valence-electron chi connectivity index (χ2n) is 4.11. The molecule has 1 aromatic rings. The zero-order valence-corrected chi connectivity index (χ0v) is 10.3. The maximum atomic E-state index is 11.8. The van der Waals surface area contributed by atoms with Crippen molar-refractivity contribution in [1.82, 2.24) is 5.32 Å². The first-order valence-corrected chi connectivity index (χ1v) is 5.81. The van der Waals surface area contributed by atoms with E-state index in [1.807, 2.05) is 6.07 Å². The number of hydrogen-bond donors (Lipinski definition) is 3. The lowest BCUT2D eigenvalue weighted by Gasteiger charge is -2.13. The Kier molecular flexibility index (Phi) is 4.92. The zero-order valence-electron chi connectivity index (χ0n) is 11.3. The number of nitrogens with one attached hydrogen (secondary N) is 1. The fourth-order valence-electron chi connectivity index (χ4n) is 1.56. The average Bonchev–Trinajstić information content (AvgIpc) is 2.43. The van der Waals surface area contributed by atoms with Crippen LogP contribution in [0.1, 0.15) is 18.4 Å². The highest BCUT2D eigenvalue weighted by Crippen LogP contribution is 2.02. The van der Waals surface area contributed by atoms with E-state index in [2.05, 4.69) is 10.4 Å². The molecule has 19 heavy (non-hydrogen) atoms. The van der Waals surface area contributed by atoms with Crippen molar-refractivity contribution < 1.29 is 19.5 Å². The van der Waals surface area contributed by atoms with Crippen molar-refractivity contribution in [3.63, 3.8) is 0 Å². The van der Waals surface area contributed by atoms with Crippen molar-refractivity contribution in [2.45, 2.75) is 25.3 Å². The maximum Gasteiger partial charge on any atom is 0.326 e. The third-order valence-electron chi connectivity index (χ3n) is 2.51. The fraction of sp³-hybridized carbons (Fsp3) is 0.308. The van der Waals surface area contributed by atoms with Crippen LogP contribution in [0.5, 0.6) is 0 Å². The van der Waals surface area contributed by atoms with Crippen LogP contribution in [0.3, 0.4) is 0 Å². The zero-order chi connectivity index (χ0) is 15.0. The molecular formula is C13H16N2O4. The molecule has 0 aromatic heterocycles. The number of amides is 2. The summed E-state index contributed by atoms with van der Waals surface area (Å²) in [5.74, 6) is -1.91. The molecule has 0 fully saturated rings. The van der Waals surface area contributed by atoms with Crippen molar-refractivity contribution in [2.75, 3.05) is 0 Å². The van der Waals surface area contributed by atoms with E-state index in [0.29, 0.717) is 0 Å². The van der Waals surface area contributed by atoms with Crippen LogP contribution in [0.2, 0.25) is 0 Å². The van der Waals surface area contributed by atoms with Gasteiger partial charge in [-0.25, -0.2) is 4.79 Å². The highest BCUT2D eigenvalue weighted by Gasteiger charge is 2.20. The van der Waals surface area contributed by atoms with Crippen molar-refractivity contribution in [1.29, 1.82) is 1.43 Å². The third-order valence-corrected chi connectivity index (χ3v) is 2.51. The van der Waals surface area contributed by atoms with Crippen LogP contribution in [-0.4, -0.2) is 28.9 Å². The van der Waals surface area contributed by atoms with Crippen LogP contribution in [0.15, 0.2) is 30.3 Å². The van der Waals surface area contributed by atoms with Gasteiger partial charge in [-0.2, -0.15) is 0 Å². The van der Waals surface area contributed by atoms with Gasteiger partial charge in [0.2, 0.25) is 11.8 Å². The Morgan fingerprint density at radius 2 is 2.00 bits per heavy atom. The summed E-state index contributed by atoms with van der Waals surface area (Å²) in [6, 6.07) is 7.93. The van der Waals surface area contributed by atoms with Gasteiger partial charge in [0.05, 0.1) is 6.42 Å². The number of rotatable bonds is 7. The second kappa shape index (κ2) is 7.15. The van der Waals surface area contributed by atoms with Gasteiger partial charge in [0.25, 0.3) is 1.43 Å². The highest BCUT2D eigenvalue weighted by molar-refractivity contribution is 5.85. The molecule has 1 rings (SSSR count). The Morgan fingerprint density at radius 3 is 2.58 bits per heavy atom. The molecule has 0 spiro atoms. The molecule has 102 valence electrons. The van der Waals surface area contributed by atoms with Gasteiger partial charge >= 0.3 is 5.97 Å². The number of carboxylic acids is 1. The second-order valence-corrected chi connectivity index (χ2v) is 4.11. The molecule has 4 N–H and O–H groups in total. The quantitative estimate of drug-likeness (QED) is 0.647. The van der Waals surface area contributed by atoms with E-state index in [1.165, 1.54) is 0 Å². The summed E-state index contributed by atoms with van der Waals surface area (Å²) in [5.41, 5.74) is 5.78. The number of hydrogen-bond acceptors (Lipinski definition) is 4. The van der Waals surface area contributed by atoms with E-state index < -0.39 is 23.8 Å². The lowest BCUT2D eigenvalue weighted by atomic mass is 10.1. The van der Waals surface area contributed by atoms with Crippen LogP contribution in [0, 0.1) is 0 Å². The Hall–Kier alpha value is -2.37. The average molecular weight is 265 g/mol. The van der Waals surface area contributed by atoms with E-state index in [1.54, 1.807) is 24.3 Å². The molecule has 0 heterocycles. The van der Waals surface area contributed by atoms with Crippen molar-refractivity contribution >= 4 is 17.8 Å². The minimum Gasteiger partial charge on any atom is -0.480 e. The van der Waals surface area contributed by atoms with E-state index in [4.69, 9.17) is 7.16 Å². The molecule has 1 atom stereocenters. The van der Waals surface area contributed by atoms with Gasteiger partial charge < -0.3 is 16.2 Å². The number of carbonyl (C=O) groups is 3. The van der Waals surface area contributed by atoms with Crippen LogP contribution >= 0.6 is 0 Å². The molecule has 0 saturated heterocycles. The van der Waals surface area contributed by atoms with Crippen molar-refractivity contribution in [3.05, 3.63) is 35.9 Å². The van der Waals surface area contributed by atoms with Crippen LogP contribution < -0.4 is 11.1 Å². The van der Waals surface area contributed by atoms with Crippen LogP contribution in [-0.2, 0) is 20.8 Å². The number of nitrogens with two attached hydrogens (primary N) is 1. The SMILES string of the molecule is [2H]OC(=O)[C@H](CCC(N)=O)NC(=O)Cc1ccccc1. The minimum absolute atomic E-state index is 0.00752. The van der Waals surface area contributed by atoms with E-state index in [0.717, 1.165) is 5.56 Å². The summed E-state index contributed by atoms with van der Waals surface area (Å²) in [5, 5.41) is 6.27. The molecule has 0 unspecified atom stereocenters. The number of benzene rings is 1. The fourth-order valence-corrected chi connectivity index (χ4v) is 1.56. The molecule has 0 aliphatic rings. The van der Waals surface area contributed by atoms with Crippen LogP contribution in [0.25, 0.3) is 1.43 Å². The molecule has 0 aliphatic carbocycles. The van der Waals surface area contributed by atoms with Gasteiger partial charge in [-0.05, 0) is 12.0 Å².